The van der Waals surface area contributed by atoms with Crippen LogP contribution in [0.5, 0.6) is 0 Å². The zero-order valence-electron chi connectivity index (χ0n) is 15.0. The molecule has 0 bridgehead atoms. The molecule has 0 unspecified atom stereocenters. The molecule has 0 atom stereocenters. The van der Waals surface area contributed by atoms with Gasteiger partial charge in [0.05, 0.1) is 0 Å². The minimum Gasteiger partial charge on any atom is -0.0882 e. The minimum absolute atomic E-state index is 0. The summed E-state index contributed by atoms with van der Waals surface area (Å²) in [4.78, 5) is 0. The summed E-state index contributed by atoms with van der Waals surface area (Å²) >= 11 is 0. The quantitative estimate of drug-likeness (QED) is 0.325. The minimum atomic E-state index is 0. The molecule has 1 aromatic carbocycles. The van der Waals surface area contributed by atoms with Gasteiger partial charge in [0, 0.05) is 21.1 Å². The summed E-state index contributed by atoms with van der Waals surface area (Å²) < 4.78 is 0. The Hall–Kier alpha value is -1.13. The number of benzene rings is 1. The molecular weight excluding hydrogens is 471 g/mol. The Balaban J connectivity index is 0.000000325. The van der Waals surface area contributed by atoms with E-state index in [0.717, 1.165) is 0 Å². The van der Waals surface area contributed by atoms with Crippen molar-refractivity contribution in [1.29, 1.82) is 0 Å². The van der Waals surface area contributed by atoms with Gasteiger partial charge in [-0.2, -0.15) is 0 Å². The molecule has 0 N–H and O–H groups in total. The van der Waals surface area contributed by atoms with Crippen LogP contribution in [0.4, 0.5) is 0 Å². The number of hydrogen-bond acceptors (Lipinski definition) is 0. The molecule has 24 heavy (non-hydrogen) atoms. The maximum Gasteiger partial charge on any atom is 0 e. The van der Waals surface area contributed by atoms with Gasteiger partial charge in [0.1, 0.15) is 0 Å². The van der Waals surface area contributed by atoms with Crippen LogP contribution in [0.2, 0.25) is 0 Å². The molecule has 134 valence electrons. The number of hydrogen-bond donors (Lipinski definition) is 0. The first kappa shape index (κ1) is 22.9. The van der Waals surface area contributed by atoms with Gasteiger partial charge in [-0.25, -0.2) is 0 Å². The van der Waals surface area contributed by atoms with E-state index in [1.54, 1.807) is 0 Å². The van der Waals surface area contributed by atoms with Gasteiger partial charge in [0.15, 0.2) is 0 Å². The Morgan fingerprint density at radius 2 is 0.708 bits per heavy atom. The van der Waals surface area contributed by atoms with Gasteiger partial charge in [-0.15, -0.1) is 0 Å². The second kappa shape index (κ2) is 18.2. The molecule has 2 aliphatic rings. The third-order valence-electron chi connectivity index (χ3n) is 3.61. The molecule has 2 aliphatic carbocycles. The molecule has 0 heterocycles. The van der Waals surface area contributed by atoms with E-state index in [1.807, 2.05) is 18.2 Å². The topological polar surface area (TPSA) is 0 Å². The van der Waals surface area contributed by atoms with E-state index < -0.39 is 0 Å². The van der Waals surface area contributed by atoms with Gasteiger partial charge in [-0.05, 0) is 58.3 Å². The van der Waals surface area contributed by atoms with E-state index >= 15 is 0 Å². The van der Waals surface area contributed by atoms with Crippen LogP contribution in [0, 0.1) is 6.92 Å². The predicted molar refractivity (Wildman–Crippen MR) is 105 cm³/mol. The zero-order valence-corrected chi connectivity index (χ0v) is 17.3. The SMILES string of the molecule is C1=CCCC=CCC1.C1=CCCC=CCC1.Cc1ccccc1.[Pt]. The van der Waals surface area contributed by atoms with Crippen LogP contribution in [0.3, 0.4) is 0 Å². The van der Waals surface area contributed by atoms with Crippen molar-refractivity contribution in [3.8, 4) is 0 Å². The molecule has 1 heteroatoms. The Kier molecular flexibility index (Phi) is 17.4. The van der Waals surface area contributed by atoms with E-state index in [-0.39, 0.29) is 21.1 Å². The van der Waals surface area contributed by atoms with Crippen molar-refractivity contribution in [1.82, 2.24) is 0 Å². The van der Waals surface area contributed by atoms with Crippen molar-refractivity contribution in [3.05, 3.63) is 84.5 Å². The molecular formula is C23H32Pt. The average Bonchev–Trinajstić information content (AvgIpc) is 2.48. The number of aryl methyl sites for hydroxylation is 1. The van der Waals surface area contributed by atoms with E-state index in [1.165, 1.54) is 56.9 Å². The summed E-state index contributed by atoms with van der Waals surface area (Å²) in [6.45, 7) is 2.08. The van der Waals surface area contributed by atoms with Gasteiger partial charge in [-0.1, -0.05) is 84.5 Å². The van der Waals surface area contributed by atoms with Crippen LogP contribution in [0.25, 0.3) is 0 Å². The van der Waals surface area contributed by atoms with Crippen molar-refractivity contribution in [2.24, 2.45) is 0 Å². The third-order valence-corrected chi connectivity index (χ3v) is 3.61. The summed E-state index contributed by atoms with van der Waals surface area (Å²) in [5.74, 6) is 0. The van der Waals surface area contributed by atoms with Gasteiger partial charge >= 0.3 is 0 Å². The molecule has 0 radical (unpaired) electrons. The fourth-order valence-corrected chi connectivity index (χ4v) is 2.25. The number of rotatable bonds is 0. The monoisotopic (exact) mass is 503 g/mol. The van der Waals surface area contributed by atoms with Crippen molar-refractivity contribution in [3.63, 3.8) is 0 Å². The first-order valence-corrected chi connectivity index (χ1v) is 9.01. The average molecular weight is 504 g/mol. The molecule has 0 spiro atoms. The molecule has 0 aromatic heterocycles. The standard InChI is InChI=1S/2C8H12.C7H8.Pt/c2*1-2-4-6-8-7-5-3-1;1-7-5-3-2-4-6-7;/h2*1-2,7-8H,3-6H2;2-6H,1H3;. The summed E-state index contributed by atoms with van der Waals surface area (Å²) in [6, 6.07) is 10.3. The smallest absolute Gasteiger partial charge is 0 e. The normalized spacial score (nSPS) is 15.9. The van der Waals surface area contributed by atoms with Crippen LogP contribution in [0.15, 0.2) is 78.9 Å². The molecule has 0 saturated carbocycles. The maximum atomic E-state index is 2.27. The van der Waals surface area contributed by atoms with E-state index in [9.17, 15) is 0 Å². The van der Waals surface area contributed by atoms with Crippen molar-refractivity contribution in [2.75, 3.05) is 0 Å². The Labute approximate surface area is 163 Å². The first-order valence-electron chi connectivity index (χ1n) is 9.01. The Morgan fingerprint density at radius 1 is 0.458 bits per heavy atom. The Morgan fingerprint density at radius 3 is 0.875 bits per heavy atom. The summed E-state index contributed by atoms with van der Waals surface area (Å²) in [6.07, 6.45) is 28.0. The van der Waals surface area contributed by atoms with Crippen LogP contribution >= 0.6 is 0 Å². The molecule has 3 rings (SSSR count). The molecule has 0 nitrogen and oxygen atoms in total. The van der Waals surface area contributed by atoms with Gasteiger partial charge in [0.25, 0.3) is 0 Å². The fraction of sp³-hybridized carbons (Fsp3) is 0.391. The second-order valence-corrected chi connectivity index (χ2v) is 5.85. The largest absolute Gasteiger partial charge is 0.0882 e. The van der Waals surface area contributed by atoms with Crippen molar-refractivity contribution >= 4 is 0 Å². The van der Waals surface area contributed by atoms with Crippen molar-refractivity contribution in [2.45, 2.75) is 58.3 Å². The summed E-state index contributed by atoms with van der Waals surface area (Å²) in [5.41, 5.74) is 1.32. The van der Waals surface area contributed by atoms with E-state index in [0.29, 0.717) is 0 Å². The molecule has 0 fully saturated rings. The molecule has 0 saturated heterocycles. The van der Waals surface area contributed by atoms with E-state index in [4.69, 9.17) is 0 Å². The molecule has 0 aliphatic heterocycles. The number of allylic oxidation sites excluding steroid dienone is 8. The molecule has 1 aromatic rings. The van der Waals surface area contributed by atoms with Gasteiger partial charge in [-0.3, -0.25) is 0 Å². The van der Waals surface area contributed by atoms with E-state index in [2.05, 4.69) is 67.7 Å². The third kappa shape index (κ3) is 15.8. The first-order chi connectivity index (χ1) is 11.4. The Bertz CT molecular complexity index is 400. The van der Waals surface area contributed by atoms with Crippen LogP contribution in [-0.2, 0) is 21.1 Å². The predicted octanol–water partition coefficient (Wildman–Crippen LogP) is 7.34. The summed E-state index contributed by atoms with van der Waals surface area (Å²) in [5, 5.41) is 0. The van der Waals surface area contributed by atoms with Crippen molar-refractivity contribution < 1.29 is 21.1 Å². The zero-order chi connectivity index (χ0) is 16.4. The van der Waals surface area contributed by atoms with Crippen LogP contribution in [0.1, 0.15) is 56.9 Å². The maximum absolute atomic E-state index is 2.27. The second-order valence-electron chi connectivity index (χ2n) is 5.85. The van der Waals surface area contributed by atoms with Gasteiger partial charge in [0.2, 0.25) is 0 Å². The van der Waals surface area contributed by atoms with Gasteiger partial charge < -0.3 is 0 Å². The summed E-state index contributed by atoms with van der Waals surface area (Å²) in [7, 11) is 0. The van der Waals surface area contributed by atoms with Crippen LogP contribution < -0.4 is 0 Å². The molecule has 0 amide bonds. The van der Waals surface area contributed by atoms with Crippen LogP contribution in [-0.4, -0.2) is 0 Å². The fourth-order valence-electron chi connectivity index (χ4n) is 2.25.